The Bertz CT molecular complexity index is 69.4. The predicted molar refractivity (Wildman–Crippen MR) is 50.6 cm³/mol. The Hall–Kier alpha value is -0.0700. The Balaban J connectivity index is 0. The number of hydrogen-bond donors (Lipinski definition) is 0. The van der Waals surface area contributed by atoms with Gasteiger partial charge in [-0.3, -0.25) is 0 Å². The van der Waals surface area contributed by atoms with E-state index in [2.05, 4.69) is 13.8 Å². The minimum Gasteiger partial charge on any atom is -0.245 e. The average molecular weight is 162 g/mol. The molecule has 0 N–H and O–H groups in total. The van der Waals surface area contributed by atoms with Crippen LogP contribution in [0, 0.1) is 5.92 Å². The Kier molecular flexibility index (Phi) is 8.14. The van der Waals surface area contributed by atoms with E-state index in [1.807, 2.05) is 13.8 Å². The van der Waals surface area contributed by atoms with Crippen molar-refractivity contribution in [1.82, 2.24) is 0 Å². The molecule has 0 spiro atoms. The smallest absolute Gasteiger partial charge is 0.105 e. The molecule has 0 rings (SSSR count). The van der Waals surface area contributed by atoms with Crippen LogP contribution in [0.4, 0.5) is 4.39 Å². The molecule has 0 aromatic carbocycles. The third-order valence-corrected chi connectivity index (χ3v) is 1.32. The first-order valence-corrected chi connectivity index (χ1v) is 4.61. The van der Waals surface area contributed by atoms with Gasteiger partial charge >= 0.3 is 0 Å². The van der Waals surface area contributed by atoms with Crippen LogP contribution in [0.25, 0.3) is 0 Å². The molecule has 0 aromatic rings. The van der Waals surface area contributed by atoms with Gasteiger partial charge < -0.3 is 0 Å². The lowest BCUT2D eigenvalue weighted by Gasteiger charge is -2.14. The van der Waals surface area contributed by atoms with Gasteiger partial charge in [-0.1, -0.05) is 27.7 Å². The Morgan fingerprint density at radius 1 is 1.18 bits per heavy atom. The average Bonchev–Trinajstić information content (AvgIpc) is 1.87. The van der Waals surface area contributed by atoms with E-state index in [9.17, 15) is 4.39 Å². The van der Waals surface area contributed by atoms with Crippen LogP contribution in [-0.2, 0) is 0 Å². The number of hydrogen-bond acceptors (Lipinski definition) is 0. The maximum absolute atomic E-state index is 12.7. The first-order valence-electron chi connectivity index (χ1n) is 4.61. The van der Waals surface area contributed by atoms with Crippen molar-refractivity contribution in [2.24, 2.45) is 5.92 Å². The summed E-state index contributed by atoms with van der Waals surface area (Å²) >= 11 is 0. The van der Waals surface area contributed by atoms with Gasteiger partial charge in [0, 0.05) is 0 Å². The third-order valence-electron chi connectivity index (χ3n) is 1.32. The van der Waals surface area contributed by atoms with Crippen molar-refractivity contribution >= 4 is 0 Å². The quantitative estimate of drug-likeness (QED) is 0.583. The second-order valence-corrected chi connectivity index (χ2v) is 3.65. The van der Waals surface area contributed by atoms with Crippen LogP contribution in [0.2, 0.25) is 0 Å². The van der Waals surface area contributed by atoms with Crippen molar-refractivity contribution in [2.75, 3.05) is 0 Å². The second-order valence-electron chi connectivity index (χ2n) is 3.65. The lowest BCUT2D eigenvalue weighted by Crippen LogP contribution is -2.12. The maximum Gasteiger partial charge on any atom is 0.105 e. The van der Waals surface area contributed by atoms with E-state index in [1.54, 1.807) is 13.8 Å². The van der Waals surface area contributed by atoms with Crippen molar-refractivity contribution in [3.63, 3.8) is 0 Å². The van der Waals surface area contributed by atoms with Gasteiger partial charge in [0.2, 0.25) is 0 Å². The molecule has 11 heavy (non-hydrogen) atoms. The fourth-order valence-corrected chi connectivity index (χ4v) is 0.632. The minimum absolute atomic E-state index is 0.625. The molecule has 0 saturated carbocycles. The second kappa shape index (κ2) is 6.63. The van der Waals surface area contributed by atoms with Crippen LogP contribution in [0.1, 0.15) is 54.4 Å². The fraction of sp³-hybridized carbons (Fsp3) is 1.00. The van der Waals surface area contributed by atoms with E-state index in [1.165, 1.54) is 0 Å². The van der Waals surface area contributed by atoms with Crippen molar-refractivity contribution in [2.45, 2.75) is 60.1 Å². The lowest BCUT2D eigenvalue weighted by molar-refractivity contribution is 0.189. The highest BCUT2D eigenvalue weighted by molar-refractivity contribution is 4.65. The predicted octanol–water partition coefficient (Wildman–Crippen LogP) is 4.20. The minimum atomic E-state index is -0.968. The van der Waals surface area contributed by atoms with Crippen LogP contribution >= 0.6 is 0 Å². The van der Waals surface area contributed by atoms with E-state index in [0.29, 0.717) is 12.3 Å². The molecule has 0 aliphatic heterocycles. The molecular weight excluding hydrogens is 139 g/mol. The van der Waals surface area contributed by atoms with Gasteiger partial charge in [-0.15, -0.1) is 0 Å². The zero-order valence-corrected chi connectivity index (χ0v) is 8.87. The third kappa shape index (κ3) is 17.8. The van der Waals surface area contributed by atoms with Gasteiger partial charge in [0.15, 0.2) is 0 Å². The summed E-state index contributed by atoms with van der Waals surface area (Å²) in [5.74, 6) is 0.625. The monoisotopic (exact) mass is 162 g/mol. The number of rotatable bonds is 3. The van der Waals surface area contributed by atoms with E-state index in [-0.39, 0.29) is 0 Å². The highest BCUT2D eigenvalue weighted by Crippen LogP contribution is 2.18. The summed E-state index contributed by atoms with van der Waals surface area (Å²) in [5.41, 5.74) is -0.968. The number of alkyl halides is 1. The molecule has 0 nitrogen and oxygen atoms in total. The van der Waals surface area contributed by atoms with Crippen LogP contribution in [-0.4, -0.2) is 5.67 Å². The zero-order chi connectivity index (χ0) is 9.49. The van der Waals surface area contributed by atoms with E-state index in [0.717, 1.165) is 6.42 Å². The topological polar surface area (TPSA) is 0 Å². The molecular formula is C10H23F. The number of halogens is 1. The Morgan fingerprint density at radius 2 is 1.55 bits per heavy atom. The molecule has 0 atom stereocenters. The summed E-state index contributed by atoms with van der Waals surface area (Å²) in [4.78, 5) is 0. The summed E-state index contributed by atoms with van der Waals surface area (Å²) in [5, 5.41) is 0. The molecule has 0 saturated heterocycles. The summed E-state index contributed by atoms with van der Waals surface area (Å²) < 4.78 is 12.7. The van der Waals surface area contributed by atoms with Crippen molar-refractivity contribution in [3.8, 4) is 0 Å². The largest absolute Gasteiger partial charge is 0.245 e. The lowest BCUT2D eigenvalue weighted by atomic mass is 9.99. The highest BCUT2D eigenvalue weighted by atomic mass is 19.1. The molecule has 0 amide bonds. The summed E-state index contributed by atoms with van der Waals surface area (Å²) in [6, 6.07) is 0. The van der Waals surface area contributed by atoms with Gasteiger partial charge in [-0.25, -0.2) is 4.39 Å². The Morgan fingerprint density at radius 3 is 1.64 bits per heavy atom. The van der Waals surface area contributed by atoms with E-state index >= 15 is 0 Å². The Labute approximate surface area is 71.2 Å². The first-order chi connectivity index (χ1) is 4.92. The van der Waals surface area contributed by atoms with Crippen LogP contribution in [0.3, 0.4) is 0 Å². The maximum atomic E-state index is 12.7. The van der Waals surface area contributed by atoms with Crippen LogP contribution in [0.5, 0.6) is 0 Å². The summed E-state index contributed by atoms with van der Waals surface area (Å²) in [7, 11) is 0. The van der Waals surface area contributed by atoms with E-state index < -0.39 is 5.67 Å². The van der Waals surface area contributed by atoms with Crippen molar-refractivity contribution < 1.29 is 4.39 Å². The van der Waals surface area contributed by atoms with E-state index in [4.69, 9.17) is 0 Å². The van der Waals surface area contributed by atoms with Gasteiger partial charge in [0.05, 0.1) is 0 Å². The van der Waals surface area contributed by atoms with Crippen molar-refractivity contribution in [3.05, 3.63) is 0 Å². The molecule has 0 heterocycles. The summed E-state index contributed by atoms with van der Waals surface area (Å²) in [6.45, 7) is 11.5. The molecule has 1 heteroatoms. The van der Waals surface area contributed by atoms with Crippen LogP contribution in [0.15, 0.2) is 0 Å². The molecule has 0 fully saturated rings. The zero-order valence-electron chi connectivity index (χ0n) is 8.87. The molecule has 0 radical (unpaired) electrons. The standard InChI is InChI=1S/C8H17F.C2H6/c1-7(2)5-6-8(3,4)9;1-2/h7H,5-6H2,1-4H3;1-2H3. The first kappa shape index (κ1) is 13.5. The van der Waals surface area contributed by atoms with Gasteiger partial charge in [0.25, 0.3) is 0 Å². The van der Waals surface area contributed by atoms with Gasteiger partial charge in [0.1, 0.15) is 5.67 Å². The summed E-state index contributed by atoms with van der Waals surface area (Å²) in [6.07, 6.45) is 1.67. The molecule has 70 valence electrons. The molecule has 0 aliphatic rings. The van der Waals surface area contributed by atoms with Gasteiger partial charge in [-0.2, -0.15) is 0 Å². The molecule has 0 unspecified atom stereocenters. The molecule has 0 aromatic heterocycles. The normalized spacial score (nSPS) is 10.9. The SMILES string of the molecule is CC.CC(C)CCC(C)(C)F. The van der Waals surface area contributed by atoms with Crippen LogP contribution < -0.4 is 0 Å². The van der Waals surface area contributed by atoms with Crippen molar-refractivity contribution in [1.29, 1.82) is 0 Å². The molecule has 0 bridgehead atoms. The fourth-order valence-electron chi connectivity index (χ4n) is 0.632. The van der Waals surface area contributed by atoms with Gasteiger partial charge in [-0.05, 0) is 32.6 Å². The highest BCUT2D eigenvalue weighted by Gasteiger charge is 2.14. The molecule has 0 aliphatic carbocycles.